The minimum Gasteiger partial charge on any atom is -0.465 e. The number of carbonyl (C=O) groups is 2. The second-order valence-corrected chi connectivity index (χ2v) is 6.30. The highest BCUT2D eigenvalue weighted by molar-refractivity contribution is 5.94. The molecule has 138 valence electrons. The summed E-state index contributed by atoms with van der Waals surface area (Å²) in [6.07, 6.45) is 0.417. The molecule has 7 heteroatoms. The summed E-state index contributed by atoms with van der Waals surface area (Å²) in [5.41, 5.74) is 1.89. The number of aliphatic hydroxyl groups excluding tert-OH is 1. The fourth-order valence-corrected chi connectivity index (χ4v) is 2.76. The Kier molecular flexibility index (Phi) is 6.78. The molecular weight excluding hydrogens is 322 g/mol. The number of carbonyl (C=O) groups excluding carboxylic acids is 2. The van der Waals surface area contributed by atoms with Gasteiger partial charge < -0.3 is 20.1 Å². The van der Waals surface area contributed by atoms with Crippen molar-refractivity contribution in [1.82, 2.24) is 9.80 Å². The van der Waals surface area contributed by atoms with Crippen molar-refractivity contribution < 1.29 is 19.4 Å². The Morgan fingerprint density at radius 1 is 1.28 bits per heavy atom. The molecule has 0 saturated carbocycles. The van der Waals surface area contributed by atoms with Gasteiger partial charge in [0.2, 0.25) is 0 Å². The van der Waals surface area contributed by atoms with Crippen LogP contribution in [0.25, 0.3) is 0 Å². The lowest BCUT2D eigenvalue weighted by atomic mass is 10.1. The zero-order valence-electron chi connectivity index (χ0n) is 15.1. The van der Waals surface area contributed by atoms with Gasteiger partial charge in [0.05, 0.1) is 18.8 Å². The standard InChI is InChI=1S/C18H27N3O4/c1-4-15(22)12-20-7-9-21(10-8-20)18(24)19-16-11-14(17(23)25-3)6-5-13(16)2/h5-6,11,15,22H,4,7-10,12H2,1-3H3,(H,19,24)/t15-/m1/s1. The van der Waals surface area contributed by atoms with E-state index in [1.165, 1.54) is 7.11 Å². The molecule has 0 bridgehead atoms. The molecule has 25 heavy (non-hydrogen) atoms. The minimum absolute atomic E-state index is 0.180. The predicted molar refractivity (Wildman–Crippen MR) is 95.8 cm³/mol. The van der Waals surface area contributed by atoms with E-state index in [9.17, 15) is 14.7 Å². The summed E-state index contributed by atoms with van der Waals surface area (Å²) in [6, 6.07) is 4.91. The number of amides is 2. The van der Waals surface area contributed by atoms with E-state index in [2.05, 4.69) is 10.2 Å². The lowest BCUT2D eigenvalue weighted by molar-refractivity contribution is 0.0600. The number of nitrogens with one attached hydrogen (secondary N) is 1. The maximum absolute atomic E-state index is 12.5. The molecule has 1 aliphatic rings. The molecule has 0 aliphatic carbocycles. The molecule has 7 nitrogen and oxygen atoms in total. The number of benzene rings is 1. The minimum atomic E-state index is -0.432. The maximum atomic E-state index is 12.5. The van der Waals surface area contributed by atoms with Crippen molar-refractivity contribution in [3.05, 3.63) is 29.3 Å². The van der Waals surface area contributed by atoms with Crippen molar-refractivity contribution in [3.8, 4) is 0 Å². The van der Waals surface area contributed by atoms with Crippen LogP contribution in [0.4, 0.5) is 10.5 Å². The Morgan fingerprint density at radius 3 is 2.56 bits per heavy atom. The largest absolute Gasteiger partial charge is 0.465 e. The fourth-order valence-electron chi connectivity index (χ4n) is 2.76. The normalized spacial score (nSPS) is 16.4. The van der Waals surface area contributed by atoms with Crippen LogP contribution in [0.5, 0.6) is 0 Å². The van der Waals surface area contributed by atoms with Crippen LogP contribution in [-0.4, -0.2) is 72.8 Å². The number of hydrogen-bond acceptors (Lipinski definition) is 5. The maximum Gasteiger partial charge on any atom is 0.337 e. The Morgan fingerprint density at radius 2 is 1.96 bits per heavy atom. The number of nitrogens with zero attached hydrogens (tertiary/aromatic N) is 2. The molecule has 2 N–H and O–H groups in total. The average molecular weight is 349 g/mol. The van der Waals surface area contributed by atoms with E-state index in [0.29, 0.717) is 30.9 Å². The van der Waals surface area contributed by atoms with E-state index in [1.54, 1.807) is 23.1 Å². The van der Waals surface area contributed by atoms with Crippen LogP contribution in [0, 0.1) is 6.92 Å². The van der Waals surface area contributed by atoms with Crippen LogP contribution in [0.2, 0.25) is 0 Å². The third kappa shape index (κ3) is 5.17. The molecule has 0 radical (unpaired) electrons. The molecule has 1 aliphatic heterocycles. The van der Waals surface area contributed by atoms with E-state index < -0.39 is 5.97 Å². The van der Waals surface area contributed by atoms with Crippen molar-refractivity contribution in [3.63, 3.8) is 0 Å². The molecule has 1 saturated heterocycles. The third-order valence-electron chi connectivity index (χ3n) is 4.50. The number of ether oxygens (including phenoxy) is 1. The van der Waals surface area contributed by atoms with Gasteiger partial charge in [0, 0.05) is 38.4 Å². The van der Waals surface area contributed by atoms with E-state index in [4.69, 9.17) is 4.74 Å². The summed E-state index contributed by atoms with van der Waals surface area (Å²) < 4.78 is 4.72. The van der Waals surface area contributed by atoms with Gasteiger partial charge in [0.1, 0.15) is 0 Å². The molecular formula is C18H27N3O4. The summed E-state index contributed by atoms with van der Waals surface area (Å²) in [6.45, 7) is 7.18. The van der Waals surface area contributed by atoms with Gasteiger partial charge in [0.25, 0.3) is 0 Å². The number of rotatable bonds is 5. The van der Waals surface area contributed by atoms with Crippen LogP contribution in [0.1, 0.15) is 29.3 Å². The zero-order valence-corrected chi connectivity index (χ0v) is 15.1. The van der Waals surface area contributed by atoms with E-state index >= 15 is 0 Å². The van der Waals surface area contributed by atoms with E-state index in [0.717, 1.165) is 25.1 Å². The quantitative estimate of drug-likeness (QED) is 0.791. The van der Waals surface area contributed by atoms with Crippen LogP contribution >= 0.6 is 0 Å². The Hall–Kier alpha value is -2.12. The number of esters is 1. The predicted octanol–water partition coefficient (Wildman–Crippen LogP) is 1.70. The Bertz CT molecular complexity index is 612. The van der Waals surface area contributed by atoms with Gasteiger partial charge in [-0.25, -0.2) is 9.59 Å². The first-order valence-corrected chi connectivity index (χ1v) is 8.60. The highest BCUT2D eigenvalue weighted by Crippen LogP contribution is 2.18. The molecule has 1 aromatic carbocycles. The lowest BCUT2D eigenvalue weighted by Gasteiger charge is -2.35. The topological polar surface area (TPSA) is 82.1 Å². The number of urea groups is 1. The van der Waals surface area contributed by atoms with Gasteiger partial charge in [-0.05, 0) is 31.0 Å². The van der Waals surface area contributed by atoms with Crippen LogP contribution in [0.15, 0.2) is 18.2 Å². The smallest absolute Gasteiger partial charge is 0.337 e. The summed E-state index contributed by atoms with van der Waals surface area (Å²) in [4.78, 5) is 28.0. The Balaban J connectivity index is 1.94. The first-order chi connectivity index (χ1) is 11.9. The summed E-state index contributed by atoms with van der Waals surface area (Å²) in [5, 5.41) is 12.6. The molecule has 1 aromatic rings. The second-order valence-electron chi connectivity index (χ2n) is 6.30. The van der Waals surface area contributed by atoms with E-state index in [-0.39, 0.29) is 12.1 Å². The third-order valence-corrected chi connectivity index (χ3v) is 4.50. The monoisotopic (exact) mass is 349 g/mol. The molecule has 0 aromatic heterocycles. The lowest BCUT2D eigenvalue weighted by Crippen LogP contribution is -2.51. The average Bonchev–Trinajstić information content (AvgIpc) is 2.63. The summed E-state index contributed by atoms with van der Waals surface area (Å²) >= 11 is 0. The van der Waals surface area contributed by atoms with Gasteiger partial charge in [0.15, 0.2) is 0 Å². The molecule has 0 unspecified atom stereocenters. The van der Waals surface area contributed by atoms with Gasteiger partial charge in [-0.15, -0.1) is 0 Å². The van der Waals surface area contributed by atoms with Gasteiger partial charge in [-0.3, -0.25) is 4.90 Å². The summed E-state index contributed by atoms with van der Waals surface area (Å²) in [7, 11) is 1.33. The molecule has 1 atom stereocenters. The van der Waals surface area contributed by atoms with Crippen LogP contribution < -0.4 is 5.32 Å². The second kappa shape index (κ2) is 8.82. The first-order valence-electron chi connectivity index (χ1n) is 8.60. The number of piperazine rings is 1. The van der Waals surface area contributed by atoms with Crippen molar-refractivity contribution in [2.75, 3.05) is 45.2 Å². The van der Waals surface area contributed by atoms with Crippen molar-refractivity contribution in [1.29, 1.82) is 0 Å². The fraction of sp³-hybridized carbons (Fsp3) is 0.556. The van der Waals surface area contributed by atoms with Gasteiger partial charge >= 0.3 is 12.0 Å². The number of aliphatic hydroxyl groups is 1. The van der Waals surface area contributed by atoms with Gasteiger partial charge in [-0.1, -0.05) is 13.0 Å². The highest BCUT2D eigenvalue weighted by Gasteiger charge is 2.22. The first kappa shape index (κ1) is 19.2. The number of methoxy groups -OCH3 is 1. The molecule has 1 fully saturated rings. The van der Waals surface area contributed by atoms with Crippen molar-refractivity contribution in [2.24, 2.45) is 0 Å². The molecule has 0 spiro atoms. The van der Waals surface area contributed by atoms with Crippen LogP contribution in [0.3, 0.4) is 0 Å². The zero-order chi connectivity index (χ0) is 18.4. The van der Waals surface area contributed by atoms with E-state index in [1.807, 2.05) is 13.8 Å². The number of aryl methyl sites for hydroxylation is 1. The highest BCUT2D eigenvalue weighted by atomic mass is 16.5. The SMILES string of the molecule is CC[C@@H](O)CN1CCN(C(=O)Nc2cc(C(=O)OC)ccc2C)CC1. The van der Waals surface area contributed by atoms with Crippen LogP contribution in [-0.2, 0) is 4.74 Å². The molecule has 2 amide bonds. The van der Waals surface area contributed by atoms with Crippen molar-refractivity contribution in [2.45, 2.75) is 26.4 Å². The summed E-state index contributed by atoms with van der Waals surface area (Å²) in [5.74, 6) is -0.432. The Labute approximate surface area is 148 Å². The van der Waals surface area contributed by atoms with Crippen molar-refractivity contribution >= 4 is 17.7 Å². The molecule has 2 rings (SSSR count). The number of anilines is 1. The number of hydrogen-bond donors (Lipinski definition) is 2. The van der Waals surface area contributed by atoms with Gasteiger partial charge in [-0.2, -0.15) is 0 Å². The molecule has 1 heterocycles. The number of β-amino-alcohol motifs (C(OH)–C–C–N with tert-alkyl or cyclic N) is 1.